The molecular formula is C26H24N2O3. The van der Waals surface area contributed by atoms with Crippen molar-refractivity contribution in [3.05, 3.63) is 101 Å². The molecule has 1 aliphatic rings. The summed E-state index contributed by atoms with van der Waals surface area (Å²) in [4.78, 5) is 31.8. The Bertz CT molecular complexity index is 1150. The summed E-state index contributed by atoms with van der Waals surface area (Å²) < 4.78 is 0. The molecule has 1 saturated heterocycles. The number of benzene rings is 2. The van der Waals surface area contributed by atoms with E-state index in [0.29, 0.717) is 17.3 Å². The summed E-state index contributed by atoms with van der Waals surface area (Å²) in [5, 5.41) is 11.1. The maximum atomic E-state index is 13.1. The molecule has 156 valence electrons. The third-order valence-corrected chi connectivity index (χ3v) is 5.58. The van der Waals surface area contributed by atoms with E-state index in [1.165, 1.54) is 4.90 Å². The zero-order valence-electron chi connectivity index (χ0n) is 17.7. The monoisotopic (exact) mass is 412 g/mol. The van der Waals surface area contributed by atoms with Gasteiger partial charge in [0.05, 0.1) is 11.6 Å². The molecule has 2 aromatic carbocycles. The predicted molar refractivity (Wildman–Crippen MR) is 121 cm³/mol. The third kappa shape index (κ3) is 3.75. The number of Topliss-reactive ketones (excluding diaryl/α,β-unsaturated/α-hetero) is 1. The van der Waals surface area contributed by atoms with Gasteiger partial charge < -0.3 is 5.11 Å². The molecule has 4 rings (SSSR count). The van der Waals surface area contributed by atoms with Crippen molar-refractivity contribution in [2.24, 2.45) is 0 Å². The van der Waals surface area contributed by atoms with Crippen LogP contribution < -0.4 is 4.90 Å². The summed E-state index contributed by atoms with van der Waals surface area (Å²) in [6.45, 7) is 6.15. The molecule has 1 fully saturated rings. The highest BCUT2D eigenvalue weighted by atomic mass is 16.3. The Kier molecular flexibility index (Phi) is 5.42. The Morgan fingerprint density at radius 3 is 2.23 bits per heavy atom. The number of amides is 1. The highest BCUT2D eigenvalue weighted by Gasteiger charge is 2.47. The van der Waals surface area contributed by atoms with Gasteiger partial charge in [0.2, 0.25) is 0 Å². The first-order chi connectivity index (χ1) is 14.9. The zero-order valence-corrected chi connectivity index (χ0v) is 17.7. The smallest absolute Gasteiger partial charge is 0.301 e. The fourth-order valence-corrected chi connectivity index (χ4v) is 3.81. The minimum absolute atomic E-state index is 0.0665. The molecule has 0 radical (unpaired) electrons. The minimum atomic E-state index is -0.766. The van der Waals surface area contributed by atoms with Crippen LogP contribution in [0.2, 0.25) is 0 Å². The molecule has 5 nitrogen and oxygen atoms in total. The molecule has 31 heavy (non-hydrogen) atoms. The predicted octanol–water partition coefficient (Wildman–Crippen LogP) is 5.14. The van der Waals surface area contributed by atoms with Gasteiger partial charge in [-0.1, -0.05) is 74.0 Å². The van der Waals surface area contributed by atoms with Crippen molar-refractivity contribution in [3.8, 4) is 0 Å². The van der Waals surface area contributed by atoms with Crippen molar-refractivity contribution in [3.63, 3.8) is 0 Å². The van der Waals surface area contributed by atoms with Gasteiger partial charge in [-0.2, -0.15) is 0 Å². The standard InChI is InChI=1S/C26H24N2O3/c1-16(2)18-11-13-19(14-12-18)23-22(24(29)20-9-7-17(3)8-10-20)25(30)26(31)28(23)21-6-4-5-15-27-21/h4-16,23,29H,1-3H3/t23-/m1/s1. The number of pyridine rings is 1. The van der Waals surface area contributed by atoms with Crippen LogP contribution in [0.25, 0.3) is 5.76 Å². The molecule has 1 atom stereocenters. The molecule has 0 spiro atoms. The van der Waals surface area contributed by atoms with Crippen LogP contribution >= 0.6 is 0 Å². The summed E-state index contributed by atoms with van der Waals surface area (Å²) >= 11 is 0. The Morgan fingerprint density at radius 1 is 0.968 bits per heavy atom. The number of aliphatic hydroxyl groups excluding tert-OH is 1. The van der Waals surface area contributed by atoms with Gasteiger partial charge in [-0.05, 0) is 36.1 Å². The molecule has 3 aromatic rings. The van der Waals surface area contributed by atoms with E-state index in [9.17, 15) is 14.7 Å². The second-order valence-electron chi connectivity index (χ2n) is 8.04. The highest BCUT2D eigenvalue weighted by Crippen LogP contribution is 2.41. The summed E-state index contributed by atoms with van der Waals surface area (Å²) in [6.07, 6.45) is 1.58. The minimum Gasteiger partial charge on any atom is -0.507 e. The highest BCUT2D eigenvalue weighted by molar-refractivity contribution is 6.51. The first-order valence-corrected chi connectivity index (χ1v) is 10.3. The number of rotatable bonds is 4. The van der Waals surface area contributed by atoms with Gasteiger partial charge in [0.25, 0.3) is 5.78 Å². The van der Waals surface area contributed by atoms with Crippen molar-refractivity contribution >= 4 is 23.3 Å². The average molecular weight is 412 g/mol. The Morgan fingerprint density at radius 2 is 1.65 bits per heavy atom. The van der Waals surface area contributed by atoms with Crippen LogP contribution in [0.3, 0.4) is 0 Å². The lowest BCUT2D eigenvalue weighted by Gasteiger charge is -2.24. The topological polar surface area (TPSA) is 70.5 Å². The summed E-state index contributed by atoms with van der Waals surface area (Å²) in [5.41, 5.74) is 3.48. The molecule has 1 amide bonds. The Balaban J connectivity index is 1.91. The van der Waals surface area contributed by atoms with Gasteiger partial charge in [0.15, 0.2) is 0 Å². The Hall–Kier alpha value is -3.73. The molecule has 2 heterocycles. The van der Waals surface area contributed by atoms with Crippen molar-refractivity contribution in [2.45, 2.75) is 32.7 Å². The number of carbonyl (C=O) groups is 2. The van der Waals surface area contributed by atoms with Gasteiger partial charge in [0, 0.05) is 11.8 Å². The number of carbonyl (C=O) groups excluding carboxylic acids is 2. The largest absolute Gasteiger partial charge is 0.507 e. The maximum Gasteiger partial charge on any atom is 0.301 e. The van der Waals surface area contributed by atoms with Gasteiger partial charge in [-0.15, -0.1) is 0 Å². The van der Waals surface area contributed by atoms with Crippen LogP contribution in [0.1, 0.15) is 48.1 Å². The number of hydrogen-bond donors (Lipinski definition) is 1. The molecule has 1 N–H and O–H groups in total. The molecule has 1 aromatic heterocycles. The molecule has 1 aliphatic heterocycles. The quantitative estimate of drug-likeness (QED) is 0.366. The number of aliphatic hydroxyl groups is 1. The zero-order chi connectivity index (χ0) is 22.1. The lowest BCUT2D eigenvalue weighted by Crippen LogP contribution is -2.30. The lowest BCUT2D eigenvalue weighted by atomic mass is 9.93. The Labute approximate surface area is 181 Å². The second kappa shape index (κ2) is 8.19. The average Bonchev–Trinajstić information content (AvgIpc) is 3.05. The van der Waals surface area contributed by atoms with E-state index in [-0.39, 0.29) is 11.3 Å². The lowest BCUT2D eigenvalue weighted by molar-refractivity contribution is -0.132. The number of hydrogen-bond acceptors (Lipinski definition) is 4. The van der Waals surface area contributed by atoms with Crippen LogP contribution in [0, 0.1) is 6.92 Å². The van der Waals surface area contributed by atoms with E-state index < -0.39 is 17.7 Å². The van der Waals surface area contributed by atoms with E-state index in [0.717, 1.165) is 16.7 Å². The van der Waals surface area contributed by atoms with Crippen LogP contribution in [-0.2, 0) is 9.59 Å². The van der Waals surface area contributed by atoms with Gasteiger partial charge in [-0.25, -0.2) is 4.98 Å². The van der Waals surface area contributed by atoms with E-state index >= 15 is 0 Å². The van der Waals surface area contributed by atoms with E-state index in [2.05, 4.69) is 18.8 Å². The molecule has 5 heteroatoms. The third-order valence-electron chi connectivity index (χ3n) is 5.58. The van der Waals surface area contributed by atoms with Gasteiger partial charge in [-0.3, -0.25) is 14.5 Å². The number of aromatic nitrogens is 1. The maximum absolute atomic E-state index is 13.1. The van der Waals surface area contributed by atoms with Crippen LogP contribution in [0.4, 0.5) is 5.82 Å². The van der Waals surface area contributed by atoms with Crippen LogP contribution in [-0.4, -0.2) is 21.8 Å². The summed E-state index contributed by atoms with van der Waals surface area (Å²) in [5.74, 6) is -0.893. The fourth-order valence-electron chi connectivity index (χ4n) is 3.81. The number of anilines is 1. The molecule has 0 bridgehead atoms. The first-order valence-electron chi connectivity index (χ1n) is 10.3. The number of ketones is 1. The van der Waals surface area contributed by atoms with Crippen LogP contribution in [0.15, 0.2) is 78.5 Å². The van der Waals surface area contributed by atoms with Gasteiger partial charge in [0.1, 0.15) is 11.6 Å². The van der Waals surface area contributed by atoms with Crippen molar-refractivity contribution in [1.29, 1.82) is 0 Å². The van der Waals surface area contributed by atoms with Gasteiger partial charge >= 0.3 is 5.91 Å². The normalized spacial score (nSPS) is 18.1. The fraction of sp³-hybridized carbons (Fsp3) is 0.192. The first kappa shape index (κ1) is 20.5. The second-order valence-corrected chi connectivity index (χ2v) is 8.04. The SMILES string of the molecule is Cc1ccc(C(O)=C2C(=O)C(=O)N(c3ccccn3)[C@@H]2c2ccc(C(C)C)cc2)cc1. The van der Waals surface area contributed by atoms with Crippen LogP contribution in [0.5, 0.6) is 0 Å². The molecule has 0 unspecified atom stereocenters. The molecule has 0 saturated carbocycles. The van der Waals surface area contributed by atoms with E-state index in [4.69, 9.17) is 0 Å². The van der Waals surface area contributed by atoms with Crippen molar-refractivity contribution < 1.29 is 14.7 Å². The number of aryl methyl sites for hydroxylation is 1. The number of nitrogens with zero attached hydrogens (tertiary/aromatic N) is 2. The summed E-state index contributed by atoms with van der Waals surface area (Å²) in [7, 11) is 0. The van der Waals surface area contributed by atoms with Crippen molar-refractivity contribution in [1.82, 2.24) is 4.98 Å². The van der Waals surface area contributed by atoms with E-state index in [1.54, 1.807) is 36.5 Å². The molecular weight excluding hydrogens is 388 g/mol. The molecule has 0 aliphatic carbocycles. The summed E-state index contributed by atoms with van der Waals surface area (Å²) in [6, 6.07) is 19.4. The van der Waals surface area contributed by atoms with Crippen molar-refractivity contribution in [2.75, 3.05) is 4.90 Å². The van der Waals surface area contributed by atoms with E-state index in [1.807, 2.05) is 43.3 Å².